The molecule has 5 heteroatoms. The van der Waals surface area contributed by atoms with Crippen molar-refractivity contribution in [1.29, 1.82) is 0 Å². The van der Waals surface area contributed by atoms with Crippen LogP contribution in [0, 0.1) is 5.82 Å². The van der Waals surface area contributed by atoms with E-state index in [-0.39, 0.29) is 18.3 Å². The lowest BCUT2D eigenvalue weighted by molar-refractivity contribution is -0.127. The van der Waals surface area contributed by atoms with Crippen molar-refractivity contribution >= 4 is 21.8 Å². The third kappa shape index (κ3) is 3.57. The number of likely N-dealkylation sites (N-methyl/N-ethyl adjacent to an activating group) is 1. The molecule has 0 saturated carbocycles. The molecule has 0 fully saturated rings. The Morgan fingerprint density at radius 3 is 2.81 bits per heavy atom. The predicted octanol–water partition coefficient (Wildman–Crippen LogP) is 1.77. The third-order valence-electron chi connectivity index (χ3n) is 2.12. The highest BCUT2D eigenvalue weighted by atomic mass is 79.9. The van der Waals surface area contributed by atoms with Crippen LogP contribution in [0.3, 0.4) is 0 Å². The number of amides is 1. The van der Waals surface area contributed by atoms with Crippen LogP contribution in [0.4, 0.5) is 4.39 Å². The van der Waals surface area contributed by atoms with Gasteiger partial charge in [0.15, 0.2) is 0 Å². The maximum absolute atomic E-state index is 13.1. The first-order chi connectivity index (χ1) is 7.52. The van der Waals surface area contributed by atoms with Crippen LogP contribution in [0.2, 0.25) is 0 Å². The quantitative estimate of drug-likeness (QED) is 0.916. The van der Waals surface area contributed by atoms with Gasteiger partial charge in [0.1, 0.15) is 5.82 Å². The number of hydrogen-bond donors (Lipinski definition) is 1. The maximum Gasteiger partial charge on any atom is 0.236 e. The number of nitrogens with one attached hydrogen (secondary N) is 1. The summed E-state index contributed by atoms with van der Waals surface area (Å²) >= 11 is 3.17. The van der Waals surface area contributed by atoms with E-state index < -0.39 is 0 Å². The van der Waals surface area contributed by atoms with E-state index in [0.717, 1.165) is 5.56 Å². The molecular formula is C11H14BrFN2O. The average molecular weight is 289 g/mol. The summed E-state index contributed by atoms with van der Waals surface area (Å²) in [5.41, 5.74) is 0.798. The number of rotatable bonds is 4. The van der Waals surface area contributed by atoms with E-state index in [1.807, 2.05) is 0 Å². The molecule has 1 rings (SSSR count). The summed E-state index contributed by atoms with van der Waals surface area (Å²) in [5.74, 6) is -0.300. The Morgan fingerprint density at radius 2 is 2.19 bits per heavy atom. The third-order valence-corrected chi connectivity index (χ3v) is 3.01. The number of nitrogens with zero attached hydrogens (tertiary/aromatic N) is 1. The lowest BCUT2D eigenvalue weighted by Crippen LogP contribution is -2.32. The Balaban J connectivity index is 2.49. The Morgan fingerprint density at radius 1 is 1.50 bits per heavy atom. The number of hydrogen-bond acceptors (Lipinski definition) is 2. The molecule has 1 aromatic rings. The molecule has 16 heavy (non-hydrogen) atoms. The second-order valence-corrected chi connectivity index (χ2v) is 4.40. The fourth-order valence-corrected chi connectivity index (χ4v) is 1.55. The van der Waals surface area contributed by atoms with Crippen molar-refractivity contribution in [2.75, 3.05) is 20.6 Å². The van der Waals surface area contributed by atoms with Gasteiger partial charge in [0, 0.05) is 20.6 Å². The molecule has 88 valence electrons. The highest BCUT2D eigenvalue weighted by Crippen LogP contribution is 2.19. The first kappa shape index (κ1) is 13.1. The molecule has 0 radical (unpaired) electrons. The SMILES string of the molecule is CN(C)C(=O)CNCc1cccc(F)c1Br. The Hall–Kier alpha value is -0.940. The Bertz CT molecular complexity index is 382. The molecule has 3 nitrogen and oxygen atoms in total. The van der Waals surface area contributed by atoms with E-state index >= 15 is 0 Å². The minimum absolute atomic E-state index is 0.00692. The zero-order valence-corrected chi connectivity index (χ0v) is 10.8. The van der Waals surface area contributed by atoms with Gasteiger partial charge in [-0.2, -0.15) is 0 Å². The summed E-state index contributed by atoms with van der Waals surface area (Å²) in [5, 5.41) is 2.96. The molecule has 1 N–H and O–H groups in total. The van der Waals surface area contributed by atoms with Crippen molar-refractivity contribution in [3.8, 4) is 0 Å². The van der Waals surface area contributed by atoms with Crippen molar-refractivity contribution in [2.24, 2.45) is 0 Å². The lowest BCUT2D eigenvalue weighted by Gasteiger charge is -2.11. The smallest absolute Gasteiger partial charge is 0.236 e. The summed E-state index contributed by atoms with van der Waals surface area (Å²) in [6.07, 6.45) is 0. The van der Waals surface area contributed by atoms with Crippen LogP contribution in [0.15, 0.2) is 22.7 Å². The first-order valence-corrected chi connectivity index (χ1v) is 5.65. The zero-order chi connectivity index (χ0) is 12.1. The molecule has 0 spiro atoms. The van der Waals surface area contributed by atoms with Crippen molar-refractivity contribution in [3.05, 3.63) is 34.1 Å². The highest BCUT2D eigenvalue weighted by molar-refractivity contribution is 9.10. The standard InChI is InChI=1S/C11H14BrFN2O/c1-15(2)10(16)7-14-6-8-4-3-5-9(13)11(8)12/h3-5,14H,6-7H2,1-2H3. The summed E-state index contributed by atoms with van der Waals surface area (Å²) in [6.45, 7) is 0.702. The minimum atomic E-state index is -0.293. The number of carbonyl (C=O) groups is 1. The summed E-state index contributed by atoms with van der Waals surface area (Å²) < 4.78 is 13.6. The summed E-state index contributed by atoms with van der Waals surface area (Å²) in [6, 6.07) is 4.84. The zero-order valence-electron chi connectivity index (χ0n) is 9.26. The van der Waals surface area contributed by atoms with Gasteiger partial charge in [0.2, 0.25) is 5.91 Å². The molecule has 0 atom stereocenters. The second-order valence-electron chi connectivity index (χ2n) is 3.60. The van der Waals surface area contributed by atoms with Crippen molar-refractivity contribution < 1.29 is 9.18 Å². The molecule has 0 heterocycles. The maximum atomic E-state index is 13.1. The normalized spacial score (nSPS) is 10.2. The van der Waals surface area contributed by atoms with Gasteiger partial charge >= 0.3 is 0 Å². The van der Waals surface area contributed by atoms with Crippen LogP contribution < -0.4 is 5.32 Å². The van der Waals surface area contributed by atoms with Gasteiger partial charge in [-0.3, -0.25) is 4.79 Å². The van der Waals surface area contributed by atoms with E-state index in [1.165, 1.54) is 11.0 Å². The Kier molecular flexibility index (Phi) is 4.89. The van der Waals surface area contributed by atoms with Crippen molar-refractivity contribution in [2.45, 2.75) is 6.54 Å². The largest absolute Gasteiger partial charge is 0.348 e. The van der Waals surface area contributed by atoms with Crippen molar-refractivity contribution in [3.63, 3.8) is 0 Å². The number of carbonyl (C=O) groups excluding carboxylic acids is 1. The van der Waals surface area contributed by atoms with Crippen LogP contribution in [-0.4, -0.2) is 31.4 Å². The van der Waals surface area contributed by atoms with Gasteiger partial charge in [-0.25, -0.2) is 4.39 Å². The van der Waals surface area contributed by atoms with Crippen molar-refractivity contribution in [1.82, 2.24) is 10.2 Å². The molecule has 1 amide bonds. The van der Waals surface area contributed by atoms with Gasteiger partial charge in [-0.1, -0.05) is 12.1 Å². The second kappa shape index (κ2) is 5.96. The van der Waals surface area contributed by atoms with Gasteiger partial charge in [-0.05, 0) is 27.6 Å². The van der Waals surface area contributed by atoms with E-state index in [9.17, 15) is 9.18 Å². The van der Waals surface area contributed by atoms with Gasteiger partial charge in [0.05, 0.1) is 11.0 Å². The molecule has 0 unspecified atom stereocenters. The van der Waals surface area contributed by atoms with E-state index in [1.54, 1.807) is 26.2 Å². The highest BCUT2D eigenvalue weighted by Gasteiger charge is 2.06. The summed E-state index contributed by atoms with van der Waals surface area (Å²) in [4.78, 5) is 12.8. The molecule has 0 aliphatic heterocycles. The monoisotopic (exact) mass is 288 g/mol. The molecule has 1 aromatic carbocycles. The van der Waals surface area contributed by atoms with Crippen LogP contribution in [0.5, 0.6) is 0 Å². The van der Waals surface area contributed by atoms with Crippen LogP contribution in [0.25, 0.3) is 0 Å². The minimum Gasteiger partial charge on any atom is -0.348 e. The predicted molar refractivity (Wildman–Crippen MR) is 64.5 cm³/mol. The summed E-state index contributed by atoms with van der Waals surface area (Å²) in [7, 11) is 3.39. The van der Waals surface area contributed by atoms with Crippen LogP contribution >= 0.6 is 15.9 Å². The first-order valence-electron chi connectivity index (χ1n) is 4.86. The van der Waals surface area contributed by atoms with Gasteiger partial charge < -0.3 is 10.2 Å². The average Bonchev–Trinajstić information content (AvgIpc) is 2.24. The van der Waals surface area contributed by atoms with E-state index in [4.69, 9.17) is 0 Å². The Labute approximate surface area is 103 Å². The van der Waals surface area contributed by atoms with E-state index in [0.29, 0.717) is 11.0 Å². The molecule has 0 aliphatic rings. The van der Waals surface area contributed by atoms with E-state index in [2.05, 4.69) is 21.2 Å². The molecule has 0 aromatic heterocycles. The molecular weight excluding hydrogens is 275 g/mol. The molecule has 0 bridgehead atoms. The molecule has 0 aliphatic carbocycles. The van der Waals surface area contributed by atoms with Gasteiger partial charge in [-0.15, -0.1) is 0 Å². The fourth-order valence-electron chi connectivity index (χ4n) is 1.15. The van der Waals surface area contributed by atoms with Gasteiger partial charge in [0.25, 0.3) is 0 Å². The molecule has 0 saturated heterocycles. The van der Waals surface area contributed by atoms with Crippen LogP contribution in [0.1, 0.15) is 5.56 Å². The lowest BCUT2D eigenvalue weighted by atomic mass is 10.2. The number of benzene rings is 1. The van der Waals surface area contributed by atoms with Crippen LogP contribution in [-0.2, 0) is 11.3 Å². The fraction of sp³-hybridized carbons (Fsp3) is 0.364. The number of halogens is 2. The topological polar surface area (TPSA) is 32.3 Å².